The first-order valence-corrected chi connectivity index (χ1v) is 8.32. The number of amides is 1. The van der Waals surface area contributed by atoms with E-state index in [0.29, 0.717) is 16.4 Å². The second-order valence-corrected chi connectivity index (χ2v) is 6.18. The third kappa shape index (κ3) is 3.70. The molecule has 1 N–H and O–H groups in total. The molecule has 2 aromatic carbocycles. The normalized spacial score (nSPS) is 10.3. The first-order valence-electron chi connectivity index (χ1n) is 7.50. The zero-order chi connectivity index (χ0) is 16.9. The molecule has 3 rings (SSSR count). The lowest BCUT2D eigenvalue weighted by molar-refractivity contribution is -0.118. The summed E-state index contributed by atoms with van der Waals surface area (Å²) >= 11 is 1.45. The van der Waals surface area contributed by atoms with E-state index in [4.69, 9.17) is 10.00 Å². The summed E-state index contributed by atoms with van der Waals surface area (Å²) in [5.41, 5.74) is 2.67. The maximum Gasteiger partial charge on any atom is 0.264 e. The van der Waals surface area contributed by atoms with Crippen LogP contribution in [0.2, 0.25) is 0 Å². The zero-order valence-electron chi connectivity index (χ0n) is 13.1. The average Bonchev–Trinajstić information content (AvgIpc) is 3.01. The monoisotopic (exact) mass is 337 g/mol. The molecule has 1 amide bonds. The second kappa shape index (κ2) is 7.11. The van der Waals surface area contributed by atoms with Gasteiger partial charge in [0.2, 0.25) is 0 Å². The van der Waals surface area contributed by atoms with Crippen LogP contribution < -0.4 is 10.1 Å². The smallest absolute Gasteiger partial charge is 0.264 e. The molecule has 0 aliphatic carbocycles. The maximum atomic E-state index is 12.0. The molecule has 0 radical (unpaired) electrons. The van der Waals surface area contributed by atoms with Crippen LogP contribution in [0.5, 0.6) is 5.75 Å². The van der Waals surface area contributed by atoms with Crippen molar-refractivity contribution in [2.75, 3.05) is 11.9 Å². The van der Waals surface area contributed by atoms with Crippen molar-refractivity contribution in [3.63, 3.8) is 0 Å². The van der Waals surface area contributed by atoms with Crippen LogP contribution in [0.3, 0.4) is 0 Å². The Morgan fingerprint density at radius 3 is 2.79 bits per heavy atom. The molecule has 3 aromatic rings. The van der Waals surface area contributed by atoms with E-state index >= 15 is 0 Å². The van der Waals surface area contributed by atoms with Gasteiger partial charge in [-0.05, 0) is 48.4 Å². The largest absolute Gasteiger partial charge is 0.484 e. The van der Waals surface area contributed by atoms with E-state index in [-0.39, 0.29) is 12.5 Å². The number of hydrogen-bond donors (Lipinski definition) is 1. The number of aromatic nitrogens is 1. The third-order valence-corrected chi connectivity index (χ3v) is 4.39. The molecule has 0 aliphatic heterocycles. The molecule has 5 nitrogen and oxygen atoms in total. The van der Waals surface area contributed by atoms with E-state index in [9.17, 15) is 4.79 Å². The van der Waals surface area contributed by atoms with Crippen LogP contribution in [0, 0.1) is 11.3 Å². The third-order valence-electron chi connectivity index (χ3n) is 3.46. The fraction of sp³-hybridized carbons (Fsp3) is 0.167. The summed E-state index contributed by atoms with van der Waals surface area (Å²) in [7, 11) is 0. The van der Waals surface area contributed by atoms with Crippen LogP contribution in [0.25, 0.3) is 10.2 Å². The Labute approximate surface area is 143 Å². The van der Waals surface area contributed by atoms with Crippen molar-refractivity contribution >= 4 is 32.6 Å². The Kier molecular flexibility index (Phi) is 4.73. The maximum absolute atomic E-state index is 12.0. The lowest BCUT2D eigenvalue weighted by Gasteiger charge is -2.05. The van der Waals surface area contributed by atoms with Crippen LogP contribution >= 0.6 is 11.3 Å². The van der Waals surface area contributed by atoms with Crippen molar-refractivity contribution in [1.29, 1.82) is 5.26 Å². The molecule has 24 heavy (non-hydrogen) atoms. The van der Waals surface area contributed by atoms with Gasteiger partial charge in [-0.15, -0.1) is 0 Å². The minimum absolute atomic E-state index is 0.109. The lowest BCUT2D eigenvalue weighted by atomic mass is 10.2. The van der Waals surface area contributed by atoms with Crippen LogP contribution in [0.1, 0.15) is 18.1 Å². The molecule has 6 heteroatoms. The van der Waals surface area contributed by atoms with Crippen molar-refractivity contribution in [2.24, 2.45) is 0 Å². The number of hydrogen-bond acceptors (Lipinski definition) is 5. The van der Waals surface area contributed by atoms with Crippen LogP contribution in [-0.4, -0.2) is 17.5 Å². The van der Waals surface area contributed by atoms with Crippen molar-refractivity contribution in [3.8, 4) is 11.8 Å². The van der Waals surface area contributed by atoms with Gasteiger partial charge in [-0.25, -0.2) is 4.98 Å². The number of aryl methyl sites for hydroxylation is 1. The molecule has 0 bridgehead atoms. The summed E-state index contributed by atoms with van der Waals surface area (Å²) in [6.45, 7) is 1.99. The predicted octanol–water partition coefficient (Wildman–Crippen LogP) is 3.75. The molecule has 0 aliphatic rings. The Bertz CT molecular complexity index is 910. The van der Waals surface area contributed by atoms with Gasteiger partial charge in [0, 0.05) is 0 Å². The van der Waals surface area contributed by atoms with Crippen molar-refractivity contribution < 1.29 is 9.53 Å². The highest BCUT2D eigenvalue weighted by Crippen LogP contribution is 2.27. The molecule has 0 saturated carbocycles. The van der Waals surface area contributed by atoms with Gasteiger partial charge in [0.1, 0.15) is 5.75 Å². The van der Waals surface area contributed by atoms with Crippen LogP contribution in [0.4, 0.5) is 5.13 Å². The van der Waals surface area contributed by atoms with E-state index in [2.05, 4.69) is 23.3 Å². The Morgan fingerprint density at radius 2 is 2.08 bits per heavy atom. The number of carbonyl (C=O) groups excluding carboxylic acids is 1. The van der Waals surface area contributed by atoms with Gasteiger partial charge >= 0.3 is 0 Å². The van der Waals surface area contributed by atoms with Gasteiger partial charge in [0.25, 0.3) is 5.91 Å². The second-order valence-electron chi connectivity index (χ2n) is 5.15. The highest BCUT2D eigenvalue weighted by atomic mass is 32.1. The number of thiazole rings is 1. The molecule has 1 heterocycles. The zero-order valence-corrected chi connectivity index (χ0v) is 13.9. The lowest BCUT2D eigenvalue weighted by Crippen LogP contribution is -2.19. The standard InChI is InChI=1S/C18H15N3O2S/c1-2-12-5-8-15-16(9-12)24-18(20-15)21-17(22)11-23-14-6-3-13(10-19)4-7-14/h3-9H,2,11H2,1H3,(H,20,21,22). The summed E-state index contributed by atoms with van der Waals surface area (Å²) < 4.78 is 6.46. The van der Waals surface area contributed by atoms with Gasteiger partial charge in [-0.2, -0.15) is 5.26 Å². The fourth-order valence-electron chi connectivity index (χ4n) is 2.17. The van der Waals surface area contributed by atoms with Crippen molar-refractivity contribution in [1.82, 2.24) is 4.98 Å². The first-order chi connectivity index (χ1) is 11.7. The minimum atomic E-state index is -0.269. The summed E-state index contributed by atoms with van der Waals surface area (Å²) in [4.78, 5) is 16.4. The molecule has 0 fully saturated rings. The van der Waals surface area contributed by atoms with E-state index < -0.39 is 0 Å². The number of carbonyl (C=O) groups is 1. The Balaban J connectivity index is 1.61. The number of rotatable bonds is 5. The average molecular weight is 337 g/mol. The van der Waals surface area contributed by atoms with Gasteiger partial charge < -0.3 is 4.74 Å². The molecule has 0 saturated heterocycles. The molecular formula is C18H15N3O2S. The number of nitrogens with one attached hydrogen (secondary N) is 1. The van der Waals surface area contributed by atoms with Crippen LogP contribution in [-0.2, 0) is 11.2 Å². The van der Waals surface area contributed by atoms with Gasteiger partial charge in [-0.1, -0.05) is 24.3 Å². The minimum Gasteiger partial charge on any atom is -0.484 e. The summed E-state index contributed by atoms with van der Waals surface area (Å²) in [5.74, 6) is 0.273. The number of fused-ring (bicyclic) bond motifs is 1. The number of ether oxygens (including phenoxy) is 1. The summed E-state index contributed by atoms with van der Waals surface area (Å²) in [5, 5.41) is 12.1. The quantitative estimate of drug-likeness (QED) is 0.769. The predicted molar refractivity (Wildman–Crippen MR) is 94.3 cm³/mol. The van der Waals surface area contributed by atoms with Crippen LogP contribution in [0.15, 0.2) is 42.5 Å². The highest BCUT2D eigenvalue weighted by molar-refractivity contribution is 7.22. The number of benzene rings is 2. The topological polar surface area (TPSA) is 75.0 Å². The molecular weight excluding hydrogens is 322 g/mol. The van der Waals surface area contributed by atoms with E-state index in [0.717, 1.165) is 16.6 Å². The molecule has 0 unspecified atom stereocenters. The Hall–Kier alpha value is -2.91. The van der Waals surface area contributed by atoms with E-state index in [1.807, 2.05) is 18.2 Å². The Morgan fingerprint density at radius 1 is 1.29 bits per heavy atom. The summed E-state index contributed by atoms with van der Waals surface area (Å²) in [6.07, 6.45) is 0.966. The molecule has 0 atom stereocenters. The van der Waals surface area contributed by atoms with Gasteiger partial charge in [-0.3, -0.25) is 10.1 Å². The van der Waals surface area contributed by atoms with Crippen molar-refractivity contribution in [3.05, 3.63) is 53.6 Å². The molecule has 1 aromatic heterocycles. The summed E-state index contributed by atoms with van der Waals surface area (Å²) in [6, 6.07) is 14.7. The SMILES string of the molecule is CCc1ccc2nc(NC(=O)COc3ccc(C#N)cc3)sc2c1. The first kappa shape index (κ1) is 16.0. The van der Waals surface area contributed by atoms with E-state index in [1.165, 1.54) is 16.9 Å². The molecule has 0 spiro atoms. The van der Waals surface area contributed by atoms with E-state index in [1.54, 1.807) is 24.3 Å². The van der Waals surface area contributed by atoms with Crippen molar-refractivity contribution in [2.45, 2.75) is 13.3 Å². The fourth-order valence-corrected chi connectivity index (χ4v) is 3.12. The molecule has 120 valence electrons. The number of anilines is 1. The van der Waals surface area contributed by atoms with Gasteiger partial charge in [0.05, 0.1) is 21.8 Å². The highest BCUT2D eigenvalue weighted by Gasteiger charge is 2.09. The number of nitrogens with zero attached hydrogens (tertiary/aromatic N) is 2. The number of nitriles is 1. The van der Waals surface area contributed by atoms with Gasteiger partial charge in [0.15, 0.2) is 11.7 Å².